The first-order valence-corrected chi connectivity index (χ1v) is 6.27. The number of hydrogen-bond acceptors (Lipinski definition) is 2. The Morgan fingerprint density at radius 1 is 1.18 bits per heavy atom. The second kappa shape index (κ2) is 3.99. The van der Waals surface area contributed by atoms with Crippen LogP contribution in [0.15, 0.2) is 12.1 Å². The van der Waals surface area contributed by atoms with Crippen LogP contribution >= 0.6 is 0 Å². The van der Waals surface area contributed by atoms with Crippen LogP contribution in [0.3, 0.4) is 0 Å². The maximum Gasteiger partial charge on any atom is 0.151 e. The predicted molar refractivity (Wildman–Crippen MR) is 70.5 cm³/mol. The van der Waals surface area contributed by atoms with Gasteiger partial charge in [-0.05, 0) is 43.4 Å². The summed E-state index contributed by atoms with van der Waals surface area (Å²) in [4.78, 5) is 3.52. The Bertz CT molecular complexity index is 557. The standard InChI is InChI=1S/C14H18N2O/c1-17-14-10(15)7-8-12-13(14)9-5-3-2-4-6-11(9)16-12/h7-8,16H,2-6,15H2,1H3. The van der Waals surface area contributed by atoms with Gasteiger partial charge in [0.25, 0.3) is 0 Å². The average molecular weight is 230 g/mol. The molecular weight excluding hydrogens is 212 g/mol. The maximum atomic E-state index is 5.99. The number of benzene rings is 1. The molecule has 0 fully saturated rings. The number of aryl methyl sites for hydroxylation is 2. The number of ether oxygens (including phenoxy) is 1. The third-order valence-corrected chi connectivity index (χ3v) is 3.70. The largest absolute Gasteiger partial charge is 0.494 e. The molecule has 0 radical (unpaired) electrons. The Balaban J connectivity index is 2.30. The second-order valence-electron chi connectivity index (χ2n) is 4.75. The summed E-state index contributed by atoms with van der Waals surface area (Å²) in [7, 11) is 1.70. The van der Waals surface area contributed by atoms with Gasteiger partial charge < -0.3 is 15.5 Å². The van der Waals surface area contributed by atoms with E-state index in [1.165, 1.54) is 35.9 Å². The van der Waals surface area contributed by atoms with E-state index in [0.29, 0.717) is 0 Å². The molecule has 1 aromatic heterocycles. The lowest BCUT2D eigenvalue weighted by Gasteiger charge is -2.07. The highest BCUT2D eigenvalue weighted by molar-refractivity contribution is 5.95. The van der Waals surface area contributed by atoms with Crippen LogP contribution in [0.5, 0.6) is 5.75 Å². The molecule has 1 aliphatic carbocycles. The number of rotatable bonds is 1. The number of H-pyrrole nitrogens is 1. The second-order valence-corrected chi connectivity index (χ2v) is 4.75. The number of fused-ring (bicyclic) bond motifs is 3. The summed E-state index contributed by atoms with van der Waals surface area (Å²) in [6.07, 6.45) is 6.13. The van der Waals surface area contributed by atoms with Crippen molar-refractivity contribution in [3.05, 3.63) is 23.4 Å². The molecule has 1 heterocycles. The SMILES string of the molecule is COc1c(N)ccc2[nH]c3c(c12)CCCCC3. The number of aromatic nitrogens is 1. The van der Waals surface area contributed by atoms with Gasteiger partial charge in [-0.2, -0.15) is 0 Å². The lowest BCUT2D eigenvalue weighted by atomic mass is 10.0. The lowest BCUT2D eigenvalue weighted by molar-refractivity contribution is 0.421. The number of hydrogen-bond donors (Lipinski definition) is 2. The minimum absolute atomic E-state index is 0.728. The highest BCUT2D eigenvalue weighted by atomic mass is 16.5. The number of aromatic amines is 1. The smallest absolute Gasteiger partial charge is 0.151 e. The van der Waals surface area contributed by atoms with E-state index in [-0.39, 0.29) is 0 Å². The fraction of sp³-hybridized carbons (Fsp3) is 0.429. The van der Waals surface area contributed by atoms with Crippen LogP contribution in [0.25, 0.3) is 10.9 Å². The normalized spacial score (nSPS) is 15.6. The quantitative estimate of drug-likeness (QED) is 0.584. The Morgan fingerprint density at radius 3 is 2.82 bits per heavy atom. The molecule has 1 aromatic carbocycles. The van der Waals surface area contributed by atoms with Crippen molar-refractivity contribution in [1.82, 2.24) is 4.98 Å². The maximum absolute atomic E-state index is 5.99. The van der Waals surface area contributed by atoms with E-state index >= 15 is 0 Å². The van der Waals surface area contributed by atoms with Crippen molar-refractivity contribution in [2.75, 3.05) is 12.8 Å². The molecule has 3 N–H and O–H groups in total. The highest BCUT2D eigenvalue weighted by Gasteiger charge is 2.18. The fourth-order valence-electron chi connectivity index (χ4n) is 2.88. The molecule has 0 atom stereocenters. The van der Waals surface area contributed by atoms with Crippen molar-refractivity contribution in [3.8, 4) is 5.75 Å². The molecule has 0 saturated heterocycles. The van der Waals surface area contributed by atoms with E-state index in [0.717, 1.165) is 29.8 Å². The molecule has 3 nitrogen and oxygen atoms in total. The van der Waals surface area contributed by atoms with Crippen molar-refractivity contribution < 1.29 is 4.74 Å². The van der Waals surface area contributed by atoms with Gasteiger partial charge in [0.2, 0.25) is 0 Å². The monoisotopic (exact) mass is 230 g/mol. The Kier molecular flexibility index (Phi) is 2.46. The Hall–Kier alpha value is -1.64. The number of nitrogens with two attached hydrogens (primary N) is 1. The van der Waals surface area contributed by atoms with Gasteiger partial charge in [-0.15, -0.1) is 0 Å². The molecule has 90 valence electrons. The van der Waals surface area contributed by atoms with Gasteiger partial charge >= 0.3 is 0 Å². The van der Waals surface area contributed by atoms with Gasteiger partial charge in [0.05, 0.1) is 12.8 Å². The van der Waals surface area contributed by atoms with Crippen molar-refractivity contribution >= 4 is 16.6 Å². The van der Waals surface area contributed by atoms with E-state index in [1.807, 2.05) is 6.07 Å². The van der Waals surface area contributed by atoms with E-state index in [1.54, 1.807) is 7.11 Å². The van der Waals surface area contributed by atoms with Gasteiger partial charge in [0.1, 0.15) is 0 Å². The Morgan fingerprint density at radius 2 is 2.00 bits per heavy atom. The summed E-state index contributed by atoms with van der Waals surface area (Å²) in [6.45, 7) is 0. The van der Waals surface area contributed by atoms with E-state index in [2.05, 4.69) is 11.1 Å². The summed E-state index contributed by atoms with van der Waals surface area (Å²) in [5, 5.41) is 1.20. The first kappa shape index (κ1) is 10.5. The number of methoxy groups -OCH3 is 1. The van der Waals surface area contributed by atoms with Crippen LogP contribution in [0.1, 0.15) is 30.5 Å². The molecule has 0 bridgehead atoms. The molecular formula is C14H18N2O. The predicted octanol–water partition coefficient (Wildman–Crippen LogP) is 3.03. The van der Waals surface area contributed by atoms with Crippen LogP contribution in [-0.4, -0.2) is 12.1 Å². The summed E-state index contributed by atoms with van der Waals surface area (Å²) in [5.74, 6) is 0.835. The van der Waals surface area contributed by atoms with Gasteiger partial charge in [0, 0.05) is 16.6 Å². The van der Waals surface area contributed by atoms with Gasteiger partial charge in [-0.25, -0.2) is 0 Å². The summed E-state index contributed by atoms with van der Waals surface area (Å²) >= 11 is 0. The molecule has 0 aliphatic heterocycles. The molecule has 0 unspecified atom stereocenters. The molecule has 3 rings (SSSR count). The van der Waals surface area contributed by atoms with Crippen molar-refractivity contribution in [3.63, 3.8) is 0 Å². The van der Waals surface area contributed by atoms with Gasteiger partial charge in [-0.1, -0.05) is 6.42 Å². The van der Waals surface area contributed by atoms with E-state index in [9.17, 15) is 0 Å². The molecule has 0 spiro atoms. The van der Waals surface area contributed by atoms with Gasteiger partial charge in [0.15, 0.2) is 5.75 Å². The zero-order valence-electron chi connectivity index (χ0n) is 10.2. The summed E-state index contributed by atoms with van der Waals surface area (Å²) in [6, 6.07) is 3.97. The fourth-order valence-corrected chi connectivity index (χ4v) is 2.88. The summed E-state index contributed by atoms with van der Waals surface area (Å²) in [5.41, 5.74) is 10.7. The summed E-state index contributed by atoms with van der Waals surface area (Å²) < 4.78 is 5.48. The third kappa shape index (κ3) is 1.57. The average Bonchev–Trinajstić information content (AvgIpc) is 2.53. The van der Waals surface area contributed by atoms with Crippen LogP contribution in [0.2, 0.25) is 0 Å². The third-order valence-electron chi connectivity index (χ3n) is 3.70. The molecule has 17 heavy (non-hydrogen) atoms. The zero-order valence-corrected chi connectivity index (χ0v) is 10.2. The van der Waals surface area contributed by atoms with Crippen LogP contribution in [0.4, 0.5) is 5.69 Å². The van der Waals surface area contributed by atoms with E-state index < -0.39 is 0 Å². The van der Waals surface area contributed by atoms with Crippen LogP contribution in [-0.2, 0) is 12.8 Å². The van der Waals surface area contributed by atoms with Crippen molar-refractivity contribution in [2.45, 2.75) is 32.1 Å². The highest BCUT2D eigenvalue weighted by Crippen LogP contribution is 2.37. The minimum Gasteiger partial charge on any atom is -0.494 e. The first-order chi connectivity index (χ1) is 8.31. The minimum atomic E-state index is 0.728. The number of anilines is 1. The zero-order chi connectivity index (χ0) is 11.8. The lowest BCUT2D eigenvalue weighted by Crippen LogP contribution is -1.94. The topological polar surface area (TPSA) is 51.0 Å². The van der Waals surface area contributed by atoms with Crippen LogP contribution in [0, 0.1) is 0 Å². The Labute approximate surface area is 101 Å². The molecule has 1 aliphatic rings. The van der Waals surface area contributed by atoms with Crippen LogP contribution < -0.4 is 10.5 Å². The van der Waals surface area contributed by atoms with Crippen molar-refractivity contribution in [1.29, 1.82) is 0 Å². The van der Waals surface area contributed by atoms with Crippen molar-refractivity contribution in [2.24, 2.45) is 0 Å². The molecule has 3 heteroatoms. The van der Waals surface area contributed by atoms with Gasteiger partial charge in [-0.3, -0.25) is 0 Å². The first-order valence-electron chi connectivity index (χ1n) is 6.27. The molecule has 0 amide bonds. The number of nitrogen functional groups attached to an aromatic ring is 1. The molecule has 2 aromatic rings. The number of nitrogens with one attached hydrogen (secondary N) is 1. The van der Waals surface area contributed by atoms with E-state index in [4.69, 9.17) is 10.5 Å². The molecule has 0 saturated carbocycles.